The van der Waals surface area contributed by atoms with Gasteiger partial charge in [0.15, 0.2) is 0 Å². The minimum absolute atomic E-state index is 0.578. The van der Waals surface area contributed by atoms with Gasteiger partial charge in [0.1, 0.15) is 0 Å². The van der Waals surface area contributed by atoms with Crippen molar-refractivity contribution in [2.24, 2.45) is 0 Å². The standard InChI is InChI=1S/C21H44O6/c1-7-22-20(23-8-2,24-9-3)18-16-14-13-15-17-19-21(25-10-4,26-11-5)27-12-6/h7-19H2,1-6H3. The summed E-state index contributed by atoms with van der Waals surface area (Å²) in [5, 5.41) is 0. The van der Waals surface area contributed by atoms with E-state index in [2.05, 4.69) is 0 Å². The van der Waals surface area contributed by atoms with Crippen LogP contribution in [0.4, 0.5) is 0 Å². The van der Waals surface area contributed by atoms with Crippen molar-refractivity contribution in [2.75, 3.05) is 39.6 Å². The van der Waals surface area contributed by atoms with Gasteiger partial charge in [-0.15, -0.1) is 0 Å². The SMILES string of the molecule is CCOC(CCCCCCCC(OCC)(OCC)OCC)(OCC)OCC. The summed E-state index contributed by atoms with van der Waals surface area (Å²) in [7, 11) is 0. The molecular weight excluding hydrogens is 348 g/mol. The molecule has 164 valence electrons. The predicted octanol–water partition coefficient (Wildman–Crippen LogP) is 5.24. The van der Waals surface area contributed by atoms with Crippen LogP contribution in [-0.2, 0) is 28.4 Å². The Morgan fingerprint density at radius 3 is 0.815 bits per heavy atom. The summed E-state index contributed by atoms with van der Waals surface area (Å²) >= 11 is 0. The Hall–Kier alpha value is -0.240. The van der Waals surface area contributed by atoms with Crippen LogP contribution in [0.1, 0.15) is 86.5 Å². The van der Waals surface area contributed by atoms with Crippen molar-refractivity contribution in [1.82, 2.24) is 0 Å². The Balaban J connectivity index is 4.24. The van der Waals surface area contributed by atoms with Gasteiger partial charge in [0.2, 0.25) is 0 Å². The molecule has 0 aromatic carbocycles. The molecule has 0 atom stereocenters. The molecule has 27 heavy (non-hydrogen) atoms. The van der Waals surface area contributed by atoms with E-state index in [-0.39, 0.29) is 0 Å². The van der Waals surface area contributed by atoms with Gasteiger partial charge in [0, 0.05) is 52.5 Å². The van der Waals surface area contributed by atoms with Crippen molar-refractivity contribution < 1.29 is 28.4 Å². The normalized spacial score (nSPS) is 12.7. The maximum Gasteiger partial charge on any atom is 0.282 e. The molecule has 6 heteroatoms. The molecule has 0 radical (unpaired) electrons. The molecule has 0 aromatic rings. The first-order valence-electron chi connectivity index (χ1n) is 10.9. The van der Waals surface area contributed by atoms with Gasteiger partial charge in [-0.1, -0.05) is 19.3 Å². The highest BCUT2D eigenvalue weighted by Gasteiger charge is 2.32. The topological polar surface area (TPSA) is 55.4 Å². The van der Waals surface area contributed by atoms with E-state index < -0.39 is 11.9 Å². The summed E-state index contributed by atoms with van der Waals surface area (Å²) in [6.07, 6.45) is 6.88. The van der Waals surface area contributed by atoms with Crippen LogP contribution in [0.5, 0.6) is 0 Å². The molecule has 0 spiro atoms. The number of hydrogen-bond donors (Lipinski definition) is 0. The number of ether oxygens (including phenoxy) is 6. The lowest BCUT2D eigenvalue weighted by molar-refractivity contribution is -0.380. The molecule has 0 saturated heterocycles. The van der Waals surface area contributed by atoms with Crippen LogP contribution in [0, 0.1) is 0 Å². The average molecular weight is 393 g/mol. The zero-order valence-electron chi connectivity index (χ0n) is 18.6. The molecule has 0 unspecified atom stereocenters. The molecule has 0 rings (SSSR count). The molecule has 0 heterocycles. The van der Waals surface area contributed by atoms with Gasteiger partial charge in [0.25, 0.3) is 11.9 Å². The Morgan fingerprint density at radius 2 is 0.593 bits per heavy atom. The van der Waals surface area contributed by atoms with Gasteiger partial charge < -0.3 is 28.4 Å². The van der Waals surface area contributed by atoms with Gasteiger partial charge in [-0.25, -0.2) is 0 Å². The number of rotatable bonds is 20. The van der Waals surface area contributed by atoms with Crippen molar-refractivity contribution >= 4 is 0 Å². The van der Waals surface area contributed by atoms with Crippen molar-refractivity contribution in [2.45, 2.75) is 98.4 Å². The van der Waals surface area contributed by atoms with Gasteiger partial charge in [-0.3, -0.25) is 0 Å². The smallest absolute Gasteiger partial charge is 0.282 e. The lowest BCUT2D eigenvalue weighted by atomic mass is 10.1. The lowest BCUT2D eigenvalue weighted by Gasteiger charge is -2.32. The third kappa shape index (κ3) is 11.4. The van der Waals surface area contributed by atoms with E-state index in [1.807, 2.05) is 41.5 Å². The second-order valence-corrected chi connectivity index (χ2v) is 6.23. The van der Waals surface area contributed by atoms with Crippen molar-refractivity contribution in [3.63, 3.8) is 0 Å². The number of unbranched alkanes of at least 4 members (excludes halogenated alkanes) is 4. The third-order valence-electron chi connectivity index (χ3n) is 4.15. The first-order chi connectivity index (χ1) is 13.1. The minimum atomic E-state index is -0.883. The van der Waals surface area contributed by atoms with Gasteiger partial charge >= 0.3 is 0 Å². The highest BCUT2D eigenvalue weighted by atomic mass is 16.9. The van der Waals surface area contributed by atoms with Crippen LogP contribution in [-0.4, -0.2) is 51.6 Å². The van der Waals surface area contributed by atoms with Crippen LogP contribution < -0.4 is 0 Å². The second kappa shape index (κ2) is 16.7. The van der Waals surface area contributed by atoms with Crippen molar-refractivity contribution in [3.05, 3.63) is 0 Å². The van der Waals surface area contributed by atoms with E-state index in [0.717, 1.165) is 44.9 Å². The molecule has 0 saturated carbocycles. The second-order valence-electron chi connectivity index (χ2n) is 6.23. The van der Waals surface area contributed by atoms with E-state index in [0.29, 0.717) is 39.6 Å². The van der Waals surface area contributed by atoms with Gasteiger partial charge in [-0.05, 0) is 54.4 Å². The van der Waals surface area contributed by atoms with E-state index in [9.17, 15) is 0 Å². The third-order valence-corrected chi connectivity index (χ3v) is 4.15. The van der Waals surface area contributed by atoms with Crippen LogP contribution in [0.25, 0.3) is 0 Å². The summed E-state index contributed by atoms with van der Waals surface area (Å²) in [5.74, 6) is -1.77. The molecular formula is C21H44O6. The fourth-order valence-corrected chi connectivity index (χ4v) is 3.22. The Bertz CT molecular complexity index is 260. The van der Waals surface area contributed by atoms with Crippen LogP contribution in [0.15, 0.2) is 0 Å². The molecule has 0 amide bonds. The fourth-order valence-electron chi connectivity index (χ4n) is 3.22. The van der Waals surface area contributed by atoms with Crippen LogP contribution >= 0.6 is 0 Å². The molecule has 0 aliphatic carbocycles. The molecule has 0 bridgehead atoms. The summed E-state index contributed by atoms with van der Waals surface area (Å²) in [6.45, 7) is 15.3. The van der Waals surface area contributed by atoms with Gasteiger partial charge in [0.05, 0.1) is 0 Å². The Morgan fingerprint density at radius 1 is 0.370 bits per heavy atom. The maximum absolute atomic E-state index is 5.77. The molecule has 0 aliphatic heterocycles. The highest BCUT2D eigenvalue weighted by molar-refractivity contribution is 4.61. The zero-order valence-corrected chi connectivity index (χ0v) is 18.6. The van der Waals surface area contributed by atoms with Crippen molar-refractivity contribution in [3.8, 4) is 0 Å². The summed E-state index contributed by atoms with van der Waals surface area (Å²) in [6, 6.07) is 0. The highest BCUT2D eigenvalue weighted by Crippen LogP contribution is 2.26. The summed E-state index contributed by atoms with van der Waals surface area (Å²) in [5.41, 5.74) is 0. The summed E-state index contributed by atoms with van der Waals surface area (Å²) < 4.78 is 34.6. The van der Waals surface area contributed by atoms with Crippen LogP contribution in [0.3, 0.4) is 0 Å². The van der Waals surface area contributed by atoms with Crippen LogP contribution in [0.2, 0.25) is 0 Å². The molecule has 0 fully saturated rings. The Kier molecular flexibility index (Phi) is 16.5. The minimum Gasteiger partial charge on any atom is -0.328 e. The zero-order chi connectivity index (χ0) is 20.4. The lowest BCUT2D eigenvalue weighted by Crippen LogP contribution is -2.39. The number of hydrogen-bond acceptors (Lipinski definition) is 6. The monoisotopic (exact) mass is 392 g/mol. The van der Waals surface area contributed by atoms with E-state index >= 15 is 0 Å². The van der Waals surface area contributed by atoms with Crippen molar-refractivity contribution in [1.29, 1.82) is 0 Å². The Labute approximate surface area is 167 Å². The van der Waals surface area contributed by atoms with E-state index in [1.54, 1.807) is 0 Å². The van der Waals surface area contributed by atoms with Gasteiger partial charge in [-0.2, -0.15) is 0 Å². The molecule has 0 aromatic heterocycles. The fraction of sp³-hybridized carbons (Fsp3) is 1.00. The predicted molar refractivity (Wildman–Crippen MR) is 108 cm³/mol. The largest absolute Gasteiger partial charge is 0.328 e. The summed E-state index contributed by atoms with van der Waals surface area (Å²) in [4.78, 5) is 0. The first-order valence-corrected chi connectivity index (χ1v) is 10.9. The maximum atomic E-state index is 5.77. The molecule has 0 aliphatic rings. The van der Waals surface area contributed by atoms with E-state index in [1.165, 1.54) is 0 Å². The average Bonchev–Trinajstić information content (AvgIpc) is 2.62. The first kappa shape index (κ1) is 26.8. The molecule has 6 nitrogen and oxygen atoms in total. The molecule has 0 N–H and O–H groups in total. The quantitative estimate of drug-likeness (QED) is 0.208. The van der Waals surface area contributed by atoms with E-state index in [4.69, 9.17) is 28.4 Å².